The van der Waals surface area contributed by atoms with E-state index in [1.165, 1.54) is 62.1 Å². The summed E-state index contributed by atoms with van der Waals surface area (Å²) in [6.45, 7) is 5.62. The molecular formula is C34H44Br2O3. The van der Waals surface area contributed by atoms with Gasteiger partial charge in [0.2, 0.25) is 0 Å². The van der Waals surface area contributed by atoms with E-state index in [0.29, 0.717) is 12.4 Å². The molecule has 0 heterocycles. The number of phenolic OH excluding ortho intramolecular Hbond substituents is 1. The third-order valence-corrected chi connectivity index (χ3v) is 7.32. The molecule has 39 heavy (non-hydrogen) atoms. The first kappa shape index (κ1) is 33.1. The van der Waals surface area contributed by atoms with Gasteiger partial charge >= 0.3 is 0 Å². The molecule has 0 saturated heterocycles. The highest BCUT2D eigenvalue weighted by Gasteiger charge is 1.99. The number of aliphatic hydroxyl groups is 1. The first-order valence-electron chi connectivity index (χ1n) is 14.3. The monoisotopic (exact) mass is 658 g/mol. The van der Waals surface area contributed by atoms with Gasteiger partial charge in [0.1, 0.15) is 11.5 Å². The molecule has 4 rings (SSSR count). The molecule has 0 spiro atoms. The number of unbranched alkanes of at least 4 members (excludes halogenated alkanes) is 8. The zero-order valence-corrected chi connectivity index (χ0v) is 26.6. The van der Waals surface area contributed by atoms with Crippen molar-refractivity contribution in [3.8, 4) is 11.5 Å². The Hall–Kier alpha value is -2.08. The Labute approximate surface area is 251 Å². The molecule has 5 heteroatoms. The molecule has 2 N–H and O–H groups in total. The molecule has 0 aliphatic carbocycles. The zero-order chi connectivity index (χ0) is 28.3. The lowest BCUT2D eigenvalue weighted by molar-refractivity contribution is 0.282. The van der Waals surface area contributed by atoms with Crippen LogP contribution in [0.3, 0.4) is 0 Å². The van der Waals surface area contributed by atoms with Gasteiger partial charge in [0.25, 0.3) is 0 Å². The average molecular weight is 661 g/mol. The van der Waals surface area contributed by atoms with Gasteiger partial charge in [-0.3, -0.25) is 0 Å². The van der Waals surface area contributed by atoms with Gasteiger partial charge in [0, 0.05) is 15.6 Å². The summed E-state index contributed by atoms with van der Waals surface area (Å²) in [6.07, 6.45) is 12.5. The normalized spacial score (nSPS) is 10.5. The lowest BCUT2D eigenvalue weighted by Gasteiger charge is -2.07. The fraction of sp³-hybridized carbons (Fsp3) is 0.412. The van der Waals surface area contributed by atoms with E-state index in [9.17, 15) is 5.11 Å². The van der Waals surface area contributed by atoms with Crippen molar-refractivity contribution in [3.63, 3.8) is 0 Å². The number of aliphatic hydroxyl groups excluding tert-OH is 1. The smallest absolute Gasteiger partial charge is 0.119 e. The van der Waals surface area contributed by atoms with Gasteiger partial charge in [0.15, 0.2) is 0 Å². The van der Waals surface area contributed by atoms with Crippen LogP contribution in [0.15, 0.2) is 81.7 Å². The van der Waals surface area contributed by atoms with Crippen LogP contribution in [0.1, 0.15) is 78.1 Å². The van der Waals surface area contributed by atoms with E-state index in [1.54, 1.807) is 12.1 Å². The Kier molecular flexibility index (Phi) is 16.9. The van der Waals surface area contributed by atoms with Crippen LogP contribution in [0.4, 0.5) is 0 Å². The van der Waals surface area contributed by atoms with E-state index in [0.717, 1.165) is 44.9 Å². The maximum atomic E-state index is 9.19. The fourth-order valence-electron chi connectivity index (χ4n) is 4.10. The number of hydrogen-bond donors (Lipinski definition) is 2. The van der Waals surface area contributed by atoms with Gasteiger partial charge in [-0.05, 0) is 82.9 Å². The van der Waals surface area contributed by atoms with Crippen molar-refractivity contribution in [2.24, 2.45) is 0 Å². The molecule has 0 unspecified atom stereocenters. The summed E-state index contributed by atoms with van der Waals surface area (Å²) in [6, 6.07) is 23.9. The Bertz CT molecular complexity index is 1180. The van der Waals surface area contributed by atoms with E-state index in [4.69, 9.17) is 9.84 Å². The first-order chi connectivity index (χ1) is 19.0. The van der Waals surface area contributed by atoms with Crippen LogP contribution >= 0.6 is 31.9 Å². The third-order valence-electron chi connectivity index (χ3n) is 6.34. The van der Waals surface area contributed by atoms with Crippen molar-refractivity contribution < 1.29 is 14.9 Å². The average Bonchev–Trinajstić information content (AvgIpc) is 2.94. The Morgan fingerprint density at radius 1 is 0.564 bits per heavy atom. The van der Waals surface area contributed by atoms with Crippen molar-refractivity contribution in [1.29, 1.82) is 0 Å². The molecule has 0 aliphatic rings. The Morgan fingerprint density at radius 3 is 1.64 bits per heavy atom. The molecule has 4 aromatic rings. The topological polar surface area (TPSA) is 49.7 Å². The maximum Gasteiger partial charge on any atom is 0.119 e. The van der Waals surface area contributed by atoms with Crippen LogP contribution in [-0.4, -0.2) is 23.4 Å². The maximum absolute atomic E-state index is 9.19. The van der Waals surface area contributed by atoms with Crippen molar-refractivity contribution in [3.05, 3.63) is 81.7 Å². The van der Waals surface area contributed by atoms with E-state index in [2.05, 4.69) is 82.1 Å². The zero-order valence-electron chi connectivity index (χ0n) is 23.5. The Morgan fingerprint density at radius 2 is 1.05 bits per heavy atom. The van der Waals surface area contributed by atoms with Crippen LogP contribution in [0.25, 0.3) is 21.5 Å². The molecule has 0 fully saturated rings. The highest BCUT2D eigenvalue weighted by molar-refractivity contribution is 9.10. The predicted molar refractivity (Wildman–Crippen MR) is 175 cm³/mol. The minimum absolute atomic E-state index is 0.310. The quantitative estimate of drug-likeness (QED) is 0.149. The summed E-state index contributed by atoms with van der Waals surface area (Å²) in [5.74, 6) is 1.29. The van der Waals surface area contributed by atoms with Gasteiger partial charge in [-0.15, -0.1) is 0 Å². The van der Waals surface area contributed by atoms with E-state index < -0.39 is 0 Å². The minimum Gasteiger partial charge on any atom is -0.508 e. The van der Waals surface area contributed by atoms with E-state index in [-0.39, 0.29) is 0 Å². The summed E-state index contributed by atoms with van der Waals surface area (Å²) in [7, 11) is 0. The number of fused-ring (bicyclic) bond motifs is 2. The number of benzene rings is 4. The molecule has 0 aliphatic heterocycles. The van der Waals surface area contributed by atoms with Crippen LogP contribution < -0.4 is 4.74 Å². The van der Waals surface area contributed by atoms with Gasteiger partial charge in [-0.1, -0.05) is 121 Å². The molecule has 3 nitrogen and oxygen atoms in total. The molecule has 0 radical (unpaired) electrons. The SMILES string of the molecule is CCCCCCCO.CCCCCCCOc1ccc2cc(Br)ccc2c1.Oc1ccc2cc(Br)ccc2c1. The molecular weight excluding hydrogens is 616 g/mol. The molecule has 0 atom stereocenters. The highest BCUT2D eigenvalue weighted by atomic mass is 79.9. The lowest BCUT2D eigenvalue weighted by atomic mass is 10.1. The van der Waals surface area contributed by atoms with Gasteiger partial charge in [0.05, 0.1) is 6.61 Å². The molecule has 0 bridgehead atoms. The van der Waals surface area contributed by atoms with Gasteiger partial charge < -0.3 is 14.9 Å². The summed E-state index contributed by atoms with van der Waals surface area (Å²) in [5.41, 5.74) is 0. The van der Waals surface area contributed by atoms with Crippen molar-refractivity contribution in [1.82, 2.24) is 0 Å². The van der Waals surface area contributed by atoms with E-state index >= 15 is 0 Å². The second kappa shape index (κ2) is 19.9. The number of hydrogen-bond acceptors (Lipinski definition) is 3. The Balaban J connectivity index is 0.000000228. The number of ether oxygens (including phenoxy) is 1. The number of aromatic hydroxyl groups is 1. The highest BCUT2D eigenvalue weighted by Crippen LogP contribution is 2.25. The molecule has 0 amide bonds. The summed E-state index contributed by atoms with van der Waals surface area (Å²) >= 11 is 6.88. The van der Waals surface area contributed by atoms with Crippen LogP contribution in [0, 0.1) is 0 Å². The fourth-order valence-corrected chi connectivity index (χ4v) is 4.86. The number of rotatable bonds is 12. The molecule has 212 valence electrons. The second-order valence-corrected chi connectivity index (χ2v) is 11.6. The minimum atomic E-state index is 0.310. The van der Waals surface area contributed by atoms with Crippen LogP contribution in [0.5, 0.6) is 11.5 Å². The standard InChI is InChI=1S/C17H21BrO.C10H7BrO.C7H16O/c1-2-3-4-5-6-11-19-17-10-8-14-12-16(18)9-7-15(14)13-17;11-9-3-1-8-6-10(12)4-2-7(8)5-9;1-2-3-4-5-6-7-8/h7-10,12-13H,2-6,11H2,1H3;1-6,12H;8H,2-7H2,1H3. The molecule has 4 aromatic carbocycles. The van der Waals surface area contributed by atoms with Gasteiger partial charge in [-0.25, -0.2) is 0 Å². The van der Waals surface area contributed by atoms with Crippen molar-refractivity contribution in [2.75, 3.05) is 13.2 Å². The molecule has 0 saturated carbocycles. The predicted octanol–water partition coefficient (Wildman–Crippen LogP) is 11.2. The summed E-state index contributed by atoms with van der Waals surface area (Å²) in [4.78, 5) is 0. The second-order valence-electron chi connectivity index (χ2n) is 9.73. The van der Waals surface area contributed by atoms with Gasteiger partial charge in [-0.2, -0.15) is 0 Å². The van der Waals surface area contributed by atoms with E-state index in [1.807, 2.05) is 24.3 Å². The number of phenols is 1. The largest absolute Gasteiger partial charge is 0.508 e. The van der Waals surface area contributed by atoms with Crippen LogP contribution in [0.2, 0.25) is 0 Å². The third kappa shape index (κ3) is 13.7. The molecule has 0 aromatic heterocycles. The van der Waals surface area contributed by atoms with Crippen LogP contribution in [-0.2, 0) is 0 Å². The first-order valence-corrected chi connectivity index (χ1v) is 15.9. The summed E-state index contributed by atoms with van der Waals surface area (Å²) in [5, 5.41) is 22.2. The lowest BCUT2D eigenvalue weighted by Crippen LogP contribution is -1.97. The number of halogens is 2. The summed E-state index contributed by atoms with van der Waals surface area (Å²) < 4.78 is 7.98. The van der Waals surface area contributed by atoms with Crippen molar-refractivity contribution >= 4 is 53.4 Å². The van der Waals surface area contributed by atoms with Crippen molar-refractivity contribution in [2.45, 2.75) is 78.1 Å².